The van der Waals surface area contributed by atoms with Crippen LogP contribution in [0.3, 0.4) is 0 Å². The first-order chi connectivity index (χ1) is 7.75. The second-order valence-corrected chi connectivity index (χ2v) is 4.95. The van der Waals surface area contributed by atoms with Crippen molar-refractivity contribution in [1.29, 1.82) is 0 Å². The summed E-state index contributed by atoms with van der Waals surface area (Å²) in [7, 11) is 0. The minimum atomic E-state index is -0.232. The smallest absolute Gasteiger partial charge is 0.139 e. The van der Waals surface area contributed by atoms with Gasteiger partial charge in [-0.1, -0.05) is 0 Å². The SMILES string of the molecule is Fc1cc(NCC2CCCOC2)ccc1Br. The molecule has 1 aromatic rings. The van der Waals surface area contributed by atoms with Gasteiger partial charge >= 0.3 is 0 Å². The quantitative estimate of drug-likeness (QED) is 0.920. The molecule has 0 bridgehead atoms. The summed E-state index contributed by atoms with van der Waals surface area (Å²) in [6.45, 7) is 2.54. The third kappa shape index (κ3) is 3.19. The highest BCUT2D eigenvalue weighted by molar-refractivity contribution is 9.10. The molecule has 0 spiro atoms. The number of hydrogen-bond acceptors (Lipinski definition) is 2. The van der Waals surface area contributed by atoms with E-state index in [0.717, 1.165) is 31.9 Å². The molecule has 1 unspecified atom stereocenters. The summed E-state index contributed by atoms with van der Waals surface area (Å²) in [5, 5.41) is 3.24. The molecule has 1 aliphatic rings. The molecule has 1 fully saturated rings. The van der Waals surface area contributed by atoms with Crippen LogP contribution in [0.2, 0.25) is 0 Å². The van der Waals surface area contributed by atoms with Gasteiger partial charge in [-0.3, -0.25) is 0 Å². The van der Waals surface area contributed by atoms with E-state index in [1.807, 2.05) is 6.07 Å². The second-order valence-electron chi connectivity index (χ2n) is 4.09. The van der Waals surface area contributed by atoms with Gasteiger partial charge in [-0.2, -0.15) is 0 Å². The van der Waals surface area contributed by atoms with Crippen LogP contribution in [-0.4, -0.2) is 19.8 Å². The van der Waals surface area contributed by atoms with Crippen molar-refractivity contribution in [3.8, 4) is 0 Å². The van der Waals surface area contributed by atoms with E-state index in [1.165, 1.54) is 12.5 Å². The monoisotopic (exact) mass is 287 g/mol. The van der Waals surface area contributed by atoms with Gasteiger partial charge in [-0.05, 0) is 52.9 Å². The molecule has 1 aromatic carbocycles. The van der Waals surface area contributed by atoms with Crippen LogP contribution >= 0.6 is 15.9 Å². The fraction of sp³-hybridized carbons (Fsp3) is 0.500. The van der Waals surface area contributed by atoms with E-state index in [9.17, 15) is 4.39 Å². The largest absolute Gasteiger partial charge is 0.385 e. The Morgan fingerprint density at radius 3 is 3.06 bits per heavy atom. The molecule has 0 amide bonds. The highest BCUT2D eigenvalue weighted by Crippen LogP contribution is 2.20. The third-order valence-electron chi connectivity index (χ3n) is 2.77. The van der Waals surface area contributed by atoms with Gasteiger partial charge in [0.2, 0.25) is 0 Å². The predicted octanol–water partition coefficient (Wildman–Crippen LogP) is 3.43. The van der Waals surface area contributed by atoms with Crippen molar-refractivity contribution < 1.29 is 9.13 Å². The maximum Gasteiger partial charge on any atom is 0.139 e. The highest BCUT2D eigenvalue weighted by atomic mass is 79.9. The number of benzene rings is 1. The zero-order valence-corrected chi connectivity index (χ0v) is 10.6. The molecule has 1 saturated heterocycles. The Morgan fingerprint density at radius 2 is 2.38 bits per heavy atom. The maximum absolute atomic E-state index is 13.2. The molecule has 2 nitrogen and oxygen atoms in total. The topological polar surface area (TPSA) is 21.3 Å². The number of halogens is 2. The zero-order chi connectivity index (χ0) is 11.4. The van der Waals surface area contributed by atoms with Crippen LogP contribution in [0.1, 0.15) is 12.8 Å². The van der Waals surface area contributed by atoms with Gasteiger partial charge in [0.1, 0.15) is 5.82 Å². The van der Waals surface area contributed by atoms with E-state index >= 15 is 0 Å². The van der Waals surface area contributed by atoms with Gasteiger partial charge in [-0.15, -0.1) is 0 Å². The first-order valence-corrected chi connectivity index (χ1v) is 6.31. The fourth-order valence-corrected chi connectivity index (χ4v) is 2.08. The van der Waals surface area contributed by atoms with Crippen LogP contribution < -0.4 is 5.32 Å². The maximum atomic E-state index is 13.2. The van der Waals surface area contributed by atoms with E-state index < -0.39 is 0 Å². The van der Waals surface area contributed by atoms with E-state index in [1.54, 1.807) is 6.07 Å². The van der Waals surface area contributed by atoms with Crippen molar-refractivity contribution in [2.24, 2.45) is 5.92 Å². The lowest BCUT2D eigenvalue weighted by Crippen LogP contribution is -2.24. The number of anilines is 1. The molecule has 1 atom stereocenters. The average molecular weight is 288 g/mol. The summed E-state index contributed by atoms with van der Waals surface area (Å²) < 4.78 is 19.1. The van der Waals surface area contributed by atoms with Gasteiger partial charge in [-0.25, -0.2) is 4.39 Å². The lowest BCUT2D eigenvalue weighted by atomic mass is 10.0. The van der Waals surface area contributed by atoms with Crippen molar-refractivity contribution in [1.82, 2.24) is 0 Å². The Labute approximate surface area is 103 Å². The van der Waals surface area contributed by atoms with Crippen molar-refractivity contribution in [3.63, 3.8) is 0 Å². The summed E-state index contributed by atoms with van der Waals surface area (Å²) in [6, 6.07) is 5.10. The Bertz CT molecular complexity index is 353. The molecule has 0 radical (unpaired) electrons. The summed E-state index contributed by atoms with van der Waals surface area (Å²) in [5.74, 6) is 0.311. The predicted molar refractivity (Wildman–Crippen MR) is 66.1 cm³/mol. The van der Waals surface area contributed by atoms with Crippen molar-refractivity contribution in [3.05, 3.63) is 28.5 Å². The Hall–Kier alpha value is -0.610. The number of rotatable bonds is 3. The molecular formula is C12H15BrFNO. The van der Waals surface area contributed by atoms with Crippen LogP contribution in [-0.2, 0) is 4.74 Å². The van der Waals surface area contributed by atoms with E-state index in [0.29, 0.717) is 10.4 Å². The highest BCUT2D eigenvalue weighted by Gasteiger charge is 2.13. The van der Waals surface area contributed by atoms with Crippen LogP contribution in [0.5, 0.6) is 0 Å². The molecular weight excluding hydrogens is 273 g/mol. The van der Waals surface area contributed by atoms with E-state index in [4.69, 9.17) is 4.74 Å². The Balaban J connectivity index is 1.86. The number of hydrogen-bond donors (Lipinski definition) is 1. The molecule has 0 aliphatic carbocycles. The van der Waals surface area contributed by atoms with E-state index in [2.05, 4.69) is 21.2 Å². The molecule has 4 heteroatoms. The second kappa shape index (κ2) is 5.64. The lowest BCUT2D eigenvalue weighted by Gasteiger charge is -2.22. The number of nitrogens with one attached hydrogen (secondary N) is 1. The van der Waals surface area contributed by atoms with Gasteiger partial charge < -0.3 is 10.1 Å². The molecule has 88 valence electrons. The first kappa shape index (κ1) is 11.9. The van der Waals surface area contributed by atoms with Gasteiger partial charge in [0.25, 0.3) is 0 Å². The molecule has 1 N–H and O–H groups in total. The zero-order valence-electron chi connectivity index (χ0n) is 9.01. The normalized spacial score (nSPS) is 20.8. The van der Waals surface area contributed by atoms with Crippen LogP contribution in [0.4, 0.5) is 10.1 Å². The molecule has 0 saturated carbocycles. The minimum Gasteiger partial charge on any atom is -0.385 e. The molecule has 16 heavy (non-hydrogen) atoms. The minimum absolute atomic E-state index is 0.232. The Morgan fingerprint density at radius 1 is 1.50 bits per heavy atom. The van der Waals surface area contributed by atoms with Crippen molar-refractivity contribution >= 4 is 21.6 Å². The molecule has 1 aliphatic heterocycles. The van der Waals surface area contributed by atoms with Crippen LogP contribution in [0, 0.1) is 11.7 Å². The van der Waals surface area contributed by atoms with Gasteiger partial charge in [0, 0.05) is 18.8 Å². The van der Waals surface area contributed by atoms with E-state index in [-0.39, 0.29) is 5.82 Å². The summed E-state index contributed by atoms with van der Waals surface area (Å²) >= 11 is 3.13. The summed E-state index contributed by atoms with van der Waals surface area (Å²) in [6.07, 6.45) is 2.31. The van der Waals surface area contributed by atoms with Crippen molar-refractivity contribution in [2.45, 2.75) is 12.8 Å². The standard InChI is InChI=1S/C12H15BrFNO/c13-11-4-3-10(6-12(11)14)15-7-9-2-1-5-16-8-9/h3-4,6,9,15H,1-2,5,7-8H2. The first-order valence-electron chi connectivity index (χ1n) is 5.52. The number of ether oxygens (including phenoxy) is 1. The molecule has 1 heterocycles. The van der Waals surface area contributed by atoms with Crippen molar-refractivity contribution in [2.75, 3.05) is 25.1 Å². The Kier molecular flexibility index (Phi) is 4.18. The fourth-order valence-electron chi connectivity index (χ4n) is 1.84. The lowest BCUT2D eigenvalue weighted by molar-refractivity contribution is 0.0595. The average Bonchev–Trinajstić information content (AvgIpc) is 2.32. The van der Waals surface area contributed by atoms with Gasteiger partial charge in [0.05, 0.1) is 11.1 Å². The molecule has 2 rings (SSSR count). The summed E-state index contributed by atoms with van der Waals surface area (Å²) in [4.78, 5) is 0. The third-order valence-corrected chi connectivity index (χ3v) is 3.41. The summed E-state index contributed by atoms with van der Waals surface area (Å²) in [5.41, 5.74) is 0.825. The van der Waals surface area contributed by atoms with Crippen LogP contribution in [0.15, 0.2) is 22.7 Å². The molecule has 0 aromatic heterocycles. The van der Waals surface area contributed by atoms with Gasteiger partial charge in [0.15, 0.2) is 0 Å². The van der Waals surface area contributed by atoms with Crippen LogP contribution in [0.25, 0.3) is 0 Å².